The molecule has 1 amide bonds. The SMILES string of the molecule is COc1ccc(-c2cc(C(=O)NC(C)C)c3c(C)nn(C4CCS(=O)(=O)C4)c3n2)cc1OC. The molecule has 10 heteroatoms. The number of amides is 1. The van der Waals surface area contributed by atoms with E-state index in [1.54, 1.807) is 37.1 Å². The monoisotopic (exact) mass is 472 g/mol. The van der Waals surface area contributed by atoms with Crippen LogP contribution in [0.4, 0.5) is 0 Å². The van der Waals surface area contributed by atoms with Crippen molar-refractivity contribution in [2.75, 3.05) is 25.7 Å². The largest absolute Gasteiger partial charge is 0.493 e. The van der Waals surface area contributed by atoms with Crippen LogP contribution >= 0.6 is 0 Å². The molecular weight excluding hydrogens is 444 g/mol. The topological polar surface area (TPSA) is 112 Å². The Morgan fingerprint density at radius 1 is 1.18 bits per heavy atom. The number of carbonyl (C=O) groups is 1. The molecule has 3 heterocycles. The predicted octanol–water partition coefficient (Wildman–Crippen LogP) is 2.92. The summed E-state index contributed by atoms with van der Waals surface area (Å²) >= 11 is 0. The highest BCUT2D eigenvalue weighted by atomic mass is 32.2. The van der Waals surface area contributed by atoms with Crippen molar-refractivity contribution in [3.63, 3.8) is 0 Å². The van der Waals surface area contributed by atoms with Gasteiger partial charge in [0.2, 0.25) is 0 Å². The summed E-state index contributed by atoms with van der Waals surface area (Å²) in [4.78, 5) is 18.0. The van der Waals surface area contributed by atoms with Crippen molar-refractivity contribution < 1.29 is 22.7 Å². The number of aryl methyl sites for hydroxylation is 1. The third kappa shape index (κ3) is 4.39. The number of aromatic nitrogens is 3. The zero-order valence-corrected chi connectivity index (χ0v) is 20.2. The van der Waals surface area contributed by atoms with Gasteiger partial charge in [-0.2, -0.15) is 5.10 Å². The van der Waals surface area contributed by atoms with Gasteiger partial charge in [-0.3, -0.25) is 4.79 Å². The summed E-state index contributed by atoms with van der Waals surface area (Å²) in [5.41, 5.74) is 2.87. The van der Waals surface area contributed by atoms with Gasteiger partial charge in [-0.1, -0.05) is 0 Å². The minimum atomic E-state index is -3.12. The number of nitrogens with zero attached hydrogens (tertiary/aromatic N) is 3. The number of carbonyl (C=O) groups excluding carboxylic acids is 1. The van der Waals surface area contributed by atoms with Gasteiger partial charge >= 0.3 is 0 Å². The van der Waals surface area contributed by atoms with E-state index in [4.69, 9.17) is 14.5 Å². The van der Waals surface area contributed by atoms with Crippen molar-refractivity contribution in [2.24, 2.45) is 0 Å². The third-order valence-corrected chi connectivity index (χ3v) is 7.49. The number of hydrogen-bond acceptors (Lipinski definition) is 7. The fraction of sp³-hybridized carbons (Fsp3) is 0.435. The van der Waals surface area contributed by atoms with Crippen molar-refractivity contribution in [1.29, 1.82) is 0 Å². The van der Waals surface area contributed by atoms with Gasteiger partial charge in [0.1, 0.15) is 0 Å². The Hall–Kier alpha value is -3.14. The van der Waals surface area contributed by atoms with Crippen molar-refractivity contribution in [1.82, 2.24) is 20.1 Å². The zero-order valence-electron chi connectivity index (χ0n) is 19.4. The van der Waals surface area contributed by atoms with Crippen LogP contribution in [0.3, 0.4) is 0 Å². The number of pyridine rings is 1. The van der Waals surface area contributed by atoms with E-state index in [0.717, 1.165) is 5.56 Å². The molecule has 0 aliphatic carbocycles. The maximum atomic E-state index is 13.1. The van der Waals surface area contributed by atoms with Crippen molar-refractivity contribution >= 4 is 26.8 Å². The highest BCUT2D eigenvalue weighted by molar-refractivity contribution is 7.91. The molecule has 1 saturated heterocycles. The predicted molar refractivity (Wildman–Crippen MR) is 126 cm³/mol. The number of fused-ring (bicyclic) bond motifs is 1. The van der Waals surface area contributed by atoms with Gasteiger partial charge < -0.3 is 14.8 Å². The van der Waals surface area contributed by atoms with E-state index < -0.39 is 9.84 Å². The lowest BCUT2D eigenvalue weighted by Crippen LogP contribution is -2.30. The van der Waals surface area contributed by atoms with Gasteiger partial charge in [0, 0.05) is 11.6 Å². The average molecular weight is 473 g/mol. The van der Waals surface area contributed by atoms with Gasteiger partial charge in [0.25, 0.3) is 5.91 Å². The second-order valence-electron chi connectivity index (χ2n) is 8.54. The zero-order chi connectivity index (χ0) is 23.9. The van der Waals surface area contributed by atoms with Crippen LogP contribution in [0, 0.1) is 6.92 Å². The van der Waals surface area contributed by atoms with E-state index in [9.17, 15) is 13.2 Å². The Kier molecular flexibility index (Phi) is 6.04. The van der Waals surface area contributed by atoms with Crippen molar-refractivity contribution in [2.45, 2.75) is 39.3 Å². The first-order valence-corrected chi connectivity index (χ1v) is 12.6. The normalized spacial score (nSPS) is 17.5. The van der Waals surface area contributed by atoms with E-state index in [2.05, 4.69) is 10.4 Å². The summed E-state index contributed by atoms with van der Waals surface area (Å²) in [6.07, 6.45) is 0.467. The van der Waals surface area contributed by atoms with Crippen molar-refractivity contribution in [3.8, 4) is 22.8 Å². The Morgan fingerprint density at radius 2 is 1.91 bits per heavy atom. The lowest BCUT2D eigenvalue weighted by Gasteiger charge is -2.14. The number of rotatable bonds is 6. The molecule has 9 nitrogen and oxygen atoms in total. The number of benzene rings is 1. The third-order valence-electron chi connectivity index (χ3n) is 5.73. The van der Waals surface area contributed by atoms with Crippen LogP contribution in [-0.2, 0) is 9.84 Å². The molecule has 1 aromatic carbocycles. The molecule has 176 valence electrons. The molecule has 1 unspecified atom stereocenters. The summed E-state index contributed by atoms with van der Waals surface area (Å²) in [6, 6.07) is 6.78. The minimum Gasteiger partial charge on any atom is -0.493 e. The molecule has 0 bridgehead atoms. The number of sulfone groups is 1. The number of methoxy groups -OCH3 is 2. The molecule has 1 aliphatic heterocycles. The number of nitrogens with one attached hydrogen (secondary N) is 1. The molecule has 33 heavy (non-hydrogen) atoms. The molecule has 4 rings (SSSR count). The second-order valence-corrected chi connectivity index (χ2v) is 10.8. The molecule has 3 aromatic rings. The van der Waals surface area contributed by atoms with Crippen LogP contribution in [0.2, 0.25) is 0 Å². The van der Waals surface area contributed by atoms with Gasteiger partial charge in [-0.15, -0.1) is 0 Å². The van der Waals surface area contributed by atoms with Gasteiger partial charge in [-0.25, -0.2) is 18.1 Å². The molecule has 0 radical (unpaired) electrons. The first-order valence-electron chi connectivity index (χ1n) is 10.8. The van der Waals surface area contributed by atoms with E-state index in [-0.39, 0.29) is 29.5 Å². The van der Waals surface area contributed by atoms with Gasteiger partial charge in [-0.05, 0) is 51.5 Å². The molecule has 0 saturated carbocycles. The summed E-state index contributed by atoms with van der Waals surface area (Å²) < 4.78 is 36.7. The lowest BCUT2D eigenvalue weighted by molar-refractivity contribution is 0.0944. The fourth-order valence-electron chi connectivity index (χ4n) is 4.20. The maximum Gasteiger partial charge on any atom is 0.252 e. The van der Waals surface area contributed by atoms with E-state index in [1.807, 2.05) is 26.8 Å². The number of ether oxygens (including phenoxy) is 2. The molecule has 2 aromatic heterocycles. The molecule has 1 atom stereocenters. The Balaban J connectivity index is 1.94. The van der Waals surface area contributed by atoms with E-state index in [0.29, 0.717) is 45.9 Å². The molecular formula is C23H28N4O5S. The Bertz CT molecular complexity index is 1330. The Morgan fingerprint density at radius 3 is 2.52 bits per heavy atom. The molecule has 1 fully saturated rings. The quantitative estimate of drug-likeness (QED) is 0.587. The Labute approximate surface area is 193 Å². The van der Waals surface area contributed by atoms with Crippen LogP contribution in [0.15, 0.2) is 24.3 Å². The van der Waals surface area contributed by atoms with Gasteiger partial charge in [0.05, 0.1) is 54.1 Å². The highest BCUT2D eigenvalue weighted by Gasteiger charge is 2.32. The van der Waals surface area contributed by atoms with Crippen LogP contribution < -0.4 is 14.8 Å². The average Bonchev–Trinajstić information content (AvgIpc) is 3.30. The number of hydrogen-bond donors (Lipinski definition) is 1. The molecule has 0 spiro atoms. The van der Waals surface area contributed by atoms with E-state index >= 15 is 0 Å². The summed E-state index contributed by atoms with van der Waals surface area (Å²) in [7, 11) is -0.00570. The maximum absolute atomic E-state index is 13.1. The standard InChI is InChI=1S/C23H28N4O5S/c1-13(2)24-23(28)17-11-18(15-6-7-19(31-4)20(10-15)32-5)25-22-21(17)14(3)26-27(22)16-8-9-33(29,30)12-16/h6-7,10-11,13,16H,8-9,12H2,1-5H3,(H,24,28). The lowest BCUT2D eigenvalue weighted by atomic mass is 10.0. The van der Waals surface area contributed by atoms with Crippen LogP contribution in [0.5, 0.6) is 11.5 Å². The van der Waals surface area contributed by atoms with Gasteiger partial charge in [0.15, 0.2) is 27.0 Å². The molecule has 1 aliphatic rings. The molecule has 1 N–H and O–H groups in total. The van der Waals surface area contributed by atoms with Crippen LogP contribution in [0.1, 0.15) is 42.4 Å². The smallest absolute Gasteiger partial charge is 0.252 e. The van der Waals surface area contributed by atoms with Crippen LogP contribution in [-0.4, -0.2) is 60.9 Å². The summed E-state index contributed by atoms with van der Waals surface area (Å²) in [6.45, 7) is 5.60. The highest BCUT2D eigenvalue weighted by Crippen LogP contribution is 2.35. The fourth-order valence-corrected chi connectivity index (χ4v) is 5.89. The van der Waals surface area contributed by atoms with Crippen LogP contribution in [0.25, 0.3) is 22.3 Å². The minimum absolute atomic E-state index is 0.0129. The van der Waals surface area contributed by atoms with Crippen molar-refractivity contribution in [3.05, 3.63) is 35.5 Å². The first-order chi connectivity index (χ1) is 15.6. The van der Waals surface area contributed by atoms with E-state index in [1.165, 1.54) is 0 Å². The second kappa shape index (κ2) is 8.66. The summed E-state index contributed by atoms with van der Waals surface area (Å²) in [5.74, 6) is 1.02. The first kappa shape index (κ1) is 23.0. The summed E-state index contributed by atoms with van der Waals surface area (Å²) in [5, 5.41) is 8.19.